The molecule has 0 heterocycles. The fraction of sp³-hybridized carbons (Fsp3) is 0.417. The molecule has 15 heavy (non-hydrogen) atoms. The van der Waals surface area contributed by atoms with E-state index >= 15 is 0 Å². The van der Waals surface area contributed by atoms with E-state index in [2.05, 4.69) is 0 Å². The Morgan fingerprint density at radius 2 is 2.13 bits per heavy atom. The lowest BCUT2D eigenvalue weighted by atomic mass is 10.1. The first-order valence-electron chi connectivity index (χ1n) is 4.91. The van der Waals surface area contributed by atoms with Gasteiger partial charge in [-0.15, -0.1) is 0 Å². The van der Waals surface area contributed by atoms with E-state index in [9.17, 15) is 9.18 Å². The Morgan fingerprint density at radius 3 is 2.73 bits per heavy atom. The summed E-state index contributed by atoms with van der Waals surface area (Å²) in [5.41, 5.74) is 1.34. The van der Waals surface area contributed by atoms with Crippen molar-refractivity contribution in [3.05, 3.63) is 35.1 Å². The van der Waals surface area contributed by atoms with Gasteiger partial charge < -0.3 is 0 Å². The SMILES string of the molecule is Cc1ccc(F)cc1C(=O)CSC(C)C. The van der Waals surface area contributed by atoms with Crippen LogP contribution >= 0.6 is 11.8 Å². The summed E-state index contributed by atoms with van der Waals surface area (Å²) in [6.07, 6.45) is 0. The summed E-state index contributed by atoms with van der Waals surface area (Å²) >= 11 is 1.58. The van der Waals surface area contributed by atoms with Gasteiger partial charge in [-0.3, -0.25) is 4.79 Å². The van der Waals surface area contributed by atoms with E-state index < -0.39 is 0 Å². The molecule has 0 aromatic heterocycles. The predicted molar refractivity (Wildman–Crippen MR) is 63.1 cm³/mol. The number of halogens is 1. The Labute approximate surface area is 94.1 Å². The molecule has 0 bridgehead atoms. The van der Waals surface area contributed by atoms with Gasteiger partial charge in [0.05, 0.1) is 5.75 Å². The average molecular weight is 226 g/mol. The number of benzene rings is 1. The van der Waals surface area contributed by atoms with Gasteiger partial charge in [0.2, 0.25) is 0 Å². The van der Waals surface area contributed by atoms with Gasteiger partial charge in [0.15, 0.2) is 5.78 Å². The van der Waals surface area contributed by atoms with Gasteiger partial charge in [0.25, 0.3) is 0 Å². The van der Waals surface area contributed by atoms with E-state index in [0.717, 1.165) is 5.56 Å². The van der Waals surface area contributed by atoms with Crippen molar-refractivity contribution in [2.75, 3.05) is 5.75 Å². The minimum Gasteiger partial charge on any atom is -0.293 e. The van der Waals surface area contributed by atoms with E-state index in [4.69, 9.17) is 0 Å². The summed E-state index contributed by atoms with van der Waals surface area (Å²) in [5, 5.41) is 0.419. The van der Waals surface area contributed by atoms with Crippen molar-refractivity contribution >= 4 is 17.5 Å². The van der Waals surface area contributed by atoms with Crippen molar-refractivity contribution in [1.82, 2.24) is 0 Å². The number of hydrogen-bond acceptors (Lipinski definition) is 2. The Morgan fingerprint density at radius 1 is 1.47 bits per heavy atom. The molecule has 0 saturated heterocycles. The van der Waals surface area contributed by atoms with Gasteiger partial charge in [-0.1, -0.05) is 19.9 Å². The Kier molecular flexibility index (Phi) is 4.33. The third-order valence-corrected chi connectivity index (χ3v) is 3.14. The molecule has 0 fully saturated rings. The van der Waals surface area contributed by atoms with Crippen molar-refractivity contribution in [3.63, 3.8) is 0 Å². The van der Waals surface area contributed by atoms with E-state index in [1.165, 1.54) is 12.1 Å². The van der Waals surface area contributed by atoms with Crippen LogP contribution in [0.15, 0.2) is 18.2 Å². The molecule has 1 rings (SSSR count). The number of ketones is 1. The van der Waals surface area contributed by atoms with Crippen LogP contribution in [0.25, 0.3) is 0 Å². The Bertz CT molecular complexity index is 361. The summed E-state index contributed by atoms with van der Waals surface area (Å²) in [4.78, 5) is 11.7. The first-order valence-corrected chi connectivity index (χ1v) is 5.96. The highest BCUT2D eigenvalue weighted by Gasteiger charge is 2.10. The third kappa shape index (κ3) is 3.67. The zero-order valence-electron chi connectivity index (χ0n) is 9.21. The summed E-state index contributed by atoms with van der Waals surface area (Å²) in [6, 6.07) is 4.34. The molecule has 1 aromatic rings. The van der Waals surface area contributed by atoms with Gasteiger partial charge in [0, 0.05) is 5.56 Å². The Balaban J connectivity index is 2.77. The predicted octanol–water partition coefficient (Wildman–Crippen LogP) is 3.46. The van der Waals surface area contributed by atoms with Crippen LogP contribution in [-0.4, -0.2) is 16.8 Å². The van der Waals surface area contributed by atoms with Crippen LogP contribution in [0.2, 0.25) is 0 Å². The molecule has 0 aliphatic rings. The average Bonchev–Trinajstić information content (AvgIpc) is 2.18. The van der Waals surface area contributed by atoms with Gasteiger partial charge in [-0.2, -0.15) is 11.8 Å². The summed E-state index contributed by atoms with van der Waals surface area (Å²) < 4.78 is 12.9. The van der Waals surface area contributed by atoms with Crippen molar-refractivity contribution in [3.8, 4) is 0 Å². The van der Waals surface area contributed by atoms with Crippen LogP contribution in [0, 0.1) is 12.7 Å². The van der Waals surface area contributed by atoms with E-state index in [1.54, 1.807) is 17.8 Å². The molecule has 0 radical (unpaired) electrons. The molecule has 0 aliphatic carbocycles. The van der Waals surface area contributed by atoms with Crippen molar-refractivity contribution in [2.24, 2.45) is 0 Å². The molecule has 82 valence electrons. The minimum atomic E-state index is -0.349. The van der Waals surface area contributed by atoms with Crippen LogP contribution in [0.1, 0.15) is 29.8 Å². The minimum absolute atomic E-state index is 0.00528. The molecule has 0 unspecified atom stereocenters. The standard InChI is InChI=1S/C12H15FOS/c1-8(2)15-7-12(14)11-6-10(13)5-4-9(11)3/h4-6,8H,7H2,1-3H3. The number of hydrogen-bond donors (Lipinski definition) is 0. The van der Waals surface area contributed by atoms with E-state index in [-0.39, 0.29) is 11.6 Å². The Hall–Kier alpha value is -0.830. The highest BCUT2D eigenvalue weighted by atomic mass is 32.2. The van der Waals surface area contributed by atoms with Gasteiger partial charge in [0.1, 0.15) is 5.82 Å². The van der Waals surface area contributed by atoms with Gasteiger partial charge in [-0.05, 0) is 29.9 Å². The summed E-state index contributed by atoms with van der Waals surface area (Å²) in [6.45, 7) is 5.90. The molecule has 0 aliphatic heterocycles. The zero-order chi connectivity index (χ0) is 11.4. The second-order valence-corrected chi connectivity index (χ2v) is 5.31. The maximum Gasteiger partial charge on any atom is 0.173 e. The molecule has 0 atom stereocenters. The van der Waals surface area contributed by atoms with Crippen LogP contribution in [0.3, 0.4) is 0 Å². The highest BCUT2D eigenvalue weighted by molar-refractivity contribution is 8.00. The summed E-state index contributed by atoms with van der Waals surface area (Å²) in [7, 11) is 0. The third-order valence-electron chi connectivity index (χ3n) is 2.05. The maximum atomic E-state index is 12.9. The number of thioether (sulfide) groups is 1. The smallest absolute Gasteiger partial charge is 0.173 e. The lowest BCUT2D eigenvalue weighted by molar-refractivity contribution is 0.102. The first kappa shape index (κ1) is 12.2. The van der Waals surface area contributed by atoms with Crippen LogP contribution in [0.4, 0.5) is 4.39 Å². The second kappa shape index (κ2) is 5.31. The number of carbonyl (C=O) groups excluding carboxylic acids is 1. The lowest BCUT2D eigenvalue weighted by Gasteiger charge is -2.06. The zero-order valence-corrected chi connectivity index (χ0v) is 10.0. The lowest BCUT2D eigenvalue weighted by Crippen LogP contribution is -2.07. The molecule has 0 spiro atoms. The topological polar surface area (TPSA) is 17.1 Å². The second-order valence-electron chi connectivity index (χ2n) is 3.74. The molecule has 1 aromatic carbocycles. The molecule has 0 saturated carbocycles. The molecule has 0 amide bonds. The fourth-order valence-electron chi connectivity index (χ4n) is 1.21. The number of rotatable bonds is 4. The fourth-order valence-corrected chi connectivity index (χ4v) is 1.85. The van der Waals surface area contributed by atoms with E-state index in [0.29, 0.717) is 16.6 Å². The maximum absolute atomic E-state index is 12.9. The van der Waals surface area contributed by atoms with Gasteiger partial charge >= 0.3 is 0 Å². The van der Waals surface area contributed by atoms with Crippen LogP contribution < -0.4 is 0 Å². The first-order chi connectivity index (χ1) is 7.00. The highest BCUT2D eigenvalue weighted by Crippen LogP contribution is 2.16. The normalized spacial score (nSPS) is 10.7. The monoisotopic (exact) mass is 226 g/mol. The quantitative estimate of drug-likeness (QED) is 0.731. The molecule has 1 nitrogen and oxygen atoms in total. The molecular formula is C12H15FOS. The van der Waals surface area contributed by atoms with Crippen molar-refractivity contribution in [1.29, 1.82) is 0 Å². The van der Waals surface area contributed by atoms with E-state index in [1.807, 2.05) is 20.8 Å². The van der Waals surface area contributed by atoms with Gasteiger partial charge in [-0.25, -0.2) is 4.39 Å². The van der Waals surface area contributed by atoms with Crippen LogP contribution in [-0.2, 0) is 0 Å². The van der Waals surface area contributed by atoms with Crippen molar-refractivity contribution < 1.29 is 9.18 Å². The largest absolute Gasteiger partial charge is 0.293 e. The number of aryl methyl sites for hydroxylation is 1. The number of Topliss-reactive ketones (excluding diaryl/α,β-unsaturated/α-hetero) is 1. The molecule has 0 N–H and O–H groups in total. The summed E-state index contributed by atoms with van der Waals surface area (Å²) in [5.74, 6) is 0.0753. The molecule has 3 heteroatoms. The van der Waals surface area contributed by atoms with Crippen molar-refractivity contribution in [2.45, 2.75) is 26.0 Å². The van der Waals surface area contributed by atoms with Crippen LogP contribution in [0.5, 0.6) is 0 Å². The molecular weight excluding hydrogens is 211 g/mol. The number of carbonyl (C=O) groups is 1.